The van der Waals surface area contributed by atoms with Crippen molar-refractivity contribution in [1.29, 1.82) is 0 Å². The number of hydrogen-bond acceptors (Lipinski definition) is 6. The van der Waals surface area contributed by atoms with Crippen LogP contribution in [-0.2, 0) is 19.3 Å². The molecule has 0 aromatic carbocycles. The van der Waals surface area contributed by atoms with Crippen molar-refractivity contribution in [3.05, 3.63) is 46.7 Å². The lowest BCUT2D eigenvalue weighted by Crippen LogP contribution is -2.39. The molecule has 6 rings (SSSR count). The van der Waals surface area contributed by atoms with E-state index in [2.05, 4.69) is 27.8 Å². The number of carbonyl (C=O) groups is 1. The van der Waals surface area contributed by atoms with Gasteiger partial charge in [-0.1, -0.05) is 30.5 Å². The standard InChI is InChI=1S/C28H36N6O2/c1-19-17-25(31-34(19)22-8-3-2-4-9-22)28(35)33-15-13-20(14-16-33)18-26-30-27(36-32-26)24-12-11-21-7-5-6-10-23(21)29-24/h11-12,17,20,22H,2-10,13-16,18H2,1H3. The number of hydrogen-bond donors (Lipinski definition) is 0. The molecule has 2 aliphatic carbocycles. The fraction of sp³-hybridized carbons (Fsp3) is 0.607. The van der Waals surface area contributed by atoms with Crippen LogP contribution in [0.2, 0.25) is 0 Å². The number of likely N-dealkylation sites (tertiary alicyclic amines) is 1. The molecule has 1 saturated carbocycles. The Kier molecular flexibility index (Phi) is 6.59. The predicted octanol–water partition coefficient (Wildman–Crippen LogP) is 5.12. The molecule has 0 unspecified atom stereocenters. The predicted molar refractivity (Wildman–Crippen MR) is 136 cm³/mol. The Morgan fingerprint density at radius 3 is 2.64 bits per heavy atom. The Hall–Kier alpha value is -3.03. The second kappa shape index (κ2) is 10.1. The van der Waals surface area contributed by atoms with E-state index in [4.69, 9.17) is 14.6 Å². The van der Waals surface area contributed by atoms with E-state index in [-0.39, 0.29) is 5.91 Å². The Labute approximate surface area is 212 Å². The summed E-state index contributed by atoms with van der Waals surface area (Å²) in [5.41, 5.74) is 4.99. The van der Waals surface area contributed by atoms with Crippen molar-refractivity contribution in [3.8, 4) is 11.6 Å². The molecule has 0 radical (unpaired) electrons. The van der Waals surface area contributed by atoms with Crippen molar-refractivity contribution in [1.82, 2.24) is 29.8 Å². The summed E-state index contributed by atoms with van der Waals surface area (Å²) in [7, 11) is 0. The molecule has 190 valence electrons. The molecule has 1 amide bonds. The Morgan fingerprint density at radius 1 is 1.00 bits per heavy atom. The first-order valence-electron chi connectivity index (χ1n) is 13.8. The van der Waals surface area contributed by atoms with E-state index >= 15 is 0 Å². The molecular formula is C28H36N6O2. The number of nitrogens with zero attached hydrogens (tertiary/aromatic N) is 6. The van der Waals surface area contributed by atoms with Crippen molar-refractivity contribution in [2.24, 2.45) is 5.92 Å². The lowest BCUT2D eigenvalue weighted by molar-refractivity contribution is 0.0682. The average molecular weight is 489 g/mol. The summed E-state index contributed by atoms with van der Waals surface area (Å²) >= 11 is 0. The summed E-state index contributed by atoms with van der Waals surface area (Å²) in [5, 5.41) is 8.98. The first-order chi connectivity index (χ1) is 17.6. The number of fused-ring (bicyclic) bond motifs is 1. The zero-order valence-corrected chi connectivity index (χ0v) is 21.3. The highest BCUT2D eigenvalue weighted by Crippen LogP contribution is 2.30. The molecule has 0 bridgehead atoms. The Bertz CT molecular complexity index is 1220. The zero-order valence-electron chi connectivity index (χ0n) is 21.3. The Balaban J connectivity index is 1.04. The fourth-order valence-corrected chi connectivity index (χ4v) is 6.19. The minimum absolute atomic E-state index is 0.0615. The van der Waals surface area contributed by atoms with Crippen molar-refractivity contribution in [2.75, 3.05) is 13.1 Å². The van der Waals surface area contributed by atoms with E-state index in [1.165, 1.54) is 56.2 Å². The van der Waals surface area contributed by atoms with Crippen molar-refractivity contribution in [2.45, 2.75) is 90.0 Å². The SMILES string of the molecule is Cc1cc(C(=O)N2CCC(Cc3noc(-c4ccc5c(n4)CCCC5)n3)CC2)nn1C1CCCCC1. The molecule has 3 aromatic rings. The van der Waals surface area contributed by atoms with E-state index in [0.717, 1.165) is 62.4 Å². The van der Waals surface area contributed by atoms with Crippen LogP contribution in [0.5, 0.6) is 0 Å². The molecule has 8 heteroatoms. The largest absolute Gasteiger partial charge is 0.337 e. The molecule has 0 spiro atoms. The van der Waals surface area contributed by atoms with E-state index in [9.17, 15) is 4.79 Å². The first-order valence-corrected chi connectivity index (χ1v) is 13.8. The molecule has 3 aliphatic rings. The maximum atomic E-state index is 13.2. The third kappa shape index (κ3) is 4.82. The van der Waals surface area contributed by atoms with Crippen LogP contribution in [0.3, 0.4) is 0 Å². The summed E-state index contributed by atoms with van der Waals surface area (Å²) in [4.78, 5) is 24.6. The van der Waals surface area contributed by atoms with Crippen LogP contribution in [0, 0.1) is 12.8 Å². The fourth-order valence-electron chi connectivity index (χ4n) is 6.19. The van der Waals surface area contributed by atoms with E-state index in [0.29, 0.717) is 23.5 Å². The number of piperidine rings is 1. The van der Waals surface area contributed by atoms with Gasteiger partial charge in [0.1, 0.15) is 5.69 Å². The maximum absolute atomic E-state index is 13.2. The van der Waals surface area contributed by atoms with Gasteiger partial charge in [-0.25, -0.2) is 4.98 Å². The van der Waals surface area contributed by atoms with Crippen molar-refractivity contribution < 1.29 is 9.32 Å². The lowest BCUT2D eigenvalue weighted by atomic mass is 9.93. The van der Waals surface area contributed by atoms with Crippen LogP contribution < -0.4 is 0 Å². The quantitative estimate of drug-likeness (QED) is 0.495. The van der Waals surface area contributed by atoms with E-state index in [1.54, 1.807) is 0 Å². The minimum Gasteiger partial charge on any atom is -0.337 e. The first kappa shape index (κ1) is 23.4. The topological polar surface area (TPSA) is 89.9 Å². The second-order valence-electron chi connectivity index (χ2n) is 10.9. The van der Waals surface area contributed by atoms with E-state index in [1.807, 2.05) is 17.0 Å². The highest BCUT2D eigenvalue weighted by Gasteiger charge is 2.28. The molecule has 0 N–H and O–H groups in total. The molecule has 0 atom stereocenters. The molecule has 3 aromatic heterocycles. The number of carbonyl (C=O) groups excluding carboxylic acids is 1. The summed E-state index contributed by atoms with van der Waals surface area (Å²) in [6, 6.07) is 6.58. The summed E-state index contributed by atoms with van der Waals surface area (Å²) in [6.07, 6.45) is 13.4. The second-order valence-corrected chi connectivity index (χ2v) is 10.9. The van der Waals surface area contributed by atoms with Gasteiger partial charge in [0.15, 0.2) is 11.5 Å². The van der Waals surface area contributed by atoms with Gasteiger partial charge in [-0.2, -0.15) is 10.1 Å². The van der Waals surface area contributed by atoms with Gasteiger partial charge in [0, 0.05) is 30.9 Å². The lowest BCUT2D eigenvalue weighted by Gasteiger charge is -2.31. The van der Waals surface area contributed by atoms with Gasteiger partial charge in [0.25, 0.3) is 11.8 Å². The van der Waals surface area contributed by atoms with Crippen LogP contribution in [0.25, 0.3) is 11.6 Å². The summed E-state index contributed by atoms with van der Waals surface area (Å²) in [6.45, 7) is 3.56. The third-order valence-electron chi connectivity index (χ3n) is 8.30. The summed E-state index contributed by atoms with van der Waals surface area (Å²) < 4.78 is 7.67. The number of amides is 1. The monoisotopic (exact) mass is 488 g/mol. The molecule has 1 saturated heterocycles. The van der Waals surface area contributed by atoms with Crippen molar-refractivity contribution >= 4 is 5.91 Å². The van der Waals surface area contributed by atoms with Gasteiger partial charge in [-0.05, 0) is 81.9 Å². The van der Waals surface area contributed by atoms with Crippen LogP contribution in [-0.4, -0.2) is 48.8 Å². The van der Waals surface area contributed by atoms with Crippen LogP contribution in [0.4, 0.5) is 0 Å². The highest BCUT2D eigenvalue weighted by atomic mass is 16.5. The van der Waals surface area contributed by atoms with Crippen LogP contribution >= 0.6 is 0 Å². The average Bonchev–Trinajstić information content (AvgIpc) is 3.55. The minimum atomic E-state index is 0.0615. The number of pyridine rings is 1. The van der Waals surface area contributed by atoms with Gasteiger partial charge in [0.2, 0.25) is 0 Å². The van der Waals surface area contributed by atoms with E-state index < -0.39 is 0 Å². The number of rotatable bonds is 5. The highest BCUT2D eigenvalue weighted by molar-refractivity contribution is 5.92. The van der Waals surface area contributed by atoms with Gasteiger partial charge >= 0.3 is 0 Å². The number of aryl methyl sites for hydroxylation is 3. The number of aromatic nitrogens is 5. The van der Waals surface area contributed by atoms with Crippen LogP contribution in [0.1, 0.15) is 97.1 Å². The maximum Gasteiger partial charge on any atom is 0.276 e. The molecule has 4 heterocycles. The molecule has 1 aliphatic heterocycles. The smallest absolute Gasteiger partial charge is 0.276 e. The van der Waals surface area contributed by atoms with Crippen molar-refractivity contribution in [3.63, 3.8) is 0 Å². The molecule has 8 nitrogen and oxygen atoms in total. The van der Waals surface area contributed by atoms with Gasteiger partial charge < -0.3 is 9.42 Å². The van der Waals surface area contributed by atoms with Gasteiger partial charge in [-0.3, -0.25) is 9.48 Å². The summed E-state index contributed by atoms with van der Waals surface area (Å²) in [5.74, 6) is 1.75. The molecule has 36 heavy (non-hydrogen) atoms. The Morgan fingerprint density at radius 2 is 1.81 bits per heavy atom. The molecular weight excluding hydrogens is 452 g/mol. The van der Waals surface area contributed by atoms with Gasteiger partial charge in [0.05, 0.1) is 6.04 Å². The normalized spacial score (nSPS) is 19.4. The third-order valence-corrected chi connectivity index (χ3v) is 8.30. The molecule has 2 fully saturated rings. The van der Waals surface area contributed by atoms with Crippen LogP contribution in [0.15, 0.2) is 22.7 Å². The zero-order chi connectivity index (χ0) is 24.5. The van der Waals surface area contributed by atoms with Gasteiger partial charge in [-0.15, -0.1) is 0 Å².